The molecule has 0 aromatic carbocycles. The minimum absolute atomic E-state index is 0.337. The fourth-order valence-corrected chi connectivity index (χ4v) is 1.82. The first kappa shape index (κ1) is 11.9. The van der Waals surface area contributed by atoms with Crippen molar-refractivity contribution in [1.29, 1.82) is 0 Å². The van der Waals surface area contributed by atoms with Gasteiger partial charge in [0, 0.05) is 7.11 Å². The van der Waals surface area contributed by atoms with Crippen LogP contribution in [0.5, 0.6) is 0 Å². The van der Waals surface area contributed by atoms with Crippen LogP contribution in [0.3, 0.4) is 0 Å². The van der Waals surface area contributed by atoms with E-state index < -0.39 is 18.5 Å². The van der Waals surface area contributed by atoms with Crippen molar-refractivity contribution in [2.75, 3.05) is 21.2 Å². The zero-order chi connectivity index (χ0) is 10.9. The molecule has 0 saturated carbocycles. The van der Waals surface area contributed by atoms with Crippen LogP contribution in [0.1, 0.15) is 6.92 Å². The Balaban J connectivity index is 2.78. The molecule has 5 heteroatoms. The Bertz CT molecular complexity index is 188. The smallest absolute Gasteiger partial charge is 0.185 e. The van der Waals surface area contributed by atoms with Gasteiger partial charge in [0.1, 0.15) is 6.10 Å². The summed E-state index contributed by atoms with van der Waals surface area (Å²) < 4.78 is 10.3. The monoisotopic (exact) mass is 205 g/mol. The summed E-state index contributed by atoms with van der Waals surface area (Å²) in [5.74, 6) is 0. The van der Waals surface area contributed by atoms with Crippen molar-refractivity contribution in [3.05, 3.63) is 0 Å². The van der Waals surface area contributed by atoms with Gasteiger partial charge in [0.2, 0.25) is 0 Å². The summed E-state index contributed by atoms with van der Waals surface area (Å²) in [4.78, 5) is 1.78. The molecule has 5 atom stereocenters. The molecule has 0 unspecified atom stereocenters. The van der Waals surface area contributed by atoms with Crippen LogP contribution < -0.4 is 0 Å². The molecule has 0 aromatic rings. The van der Waals surface area contributed by atoms with Gasteiger partial charge >= 0.3 is 0 Å². The molecule has 1 saturated heterocycles. The molecule has 0 spiro atoms. The van der Waals surface area contributed by atoms with Gasteiger partial charge in [0.05, 0.1) is 18.2 Å². The molecule has 14 heavy (non-hydrogen) atoms. The lowest BCUT2D eigenvalue weighted by atomic mass is 9.96. The Morgan fingerprint density at radius 1 is 1.21 bits per heavy atom. The fraction of sp³-hybridized carbons (Fsp3) is 1.00. The fourth-order valence-electron chi connectivity index (χ4n) is 1.82. The van der Waals surface area contributed by atoms with Gasteiger partial charge in [0.15, 0.2) is 6.29 Å². The average Bonchev–Trinajstić information content (AvgIpc) is 2.11. The molecule has 2 N–H and O–H groups in total. The summed E-state index contributed by atoms with van der Waals surface area (Å²) in [5, 5.41) is 19.6. The van der Waals surface area contributed by atoms with Crippen LogP contribution in [0.4, 0.5) is 0 Å². The quantitative estimate of drug-likeness (QED) is 0.607. The molecule has 1 aliphatic rings. The minimum Gasteiger partial charge on any atom is -0.389 e. The van der Waals surface area contributed by atoms with Gasteiger partial charge in [0.25, 0.3) is 0 Å². The number of methoxy groups -OCH3 is 1. The maximum absolute atomic E-state index is 9.84. The van der Waals surface area contributed by atoms with Crippen LogP contribution in [0.25, 0.3) is 0 Å². The normalized spacial score (nSPS) is 44.4. The van der Waals surface area contributed by atoms with Gasteiger partial charge in [-0.1, -0.05) is 0 Å². The lowest BCUT2D eigenvalue weighted by Crippen LogP contribution is -2.62. The molecule has 0 radical (unpaired) electrons. The molecule has 1 fully saturated rings. The Morgan fingerprint density at radius 2 is 1.79 bits per heavy atom. The molecule has 0 amide bonds. The summed E-state index contributed by atoms with van der Waals surface area (Å²) in [5.41, 5.74) is 0. The predicted molar refractivity (Wildman–Crippen MR) is 50.8 cm³/mol. The van der Waals surface area contributed by atoms with Gasteiger partial charge in [-0.15, -0.1) is 0 Å². The van der Waals surface area contributed by atoms with Gasteiger partial charge in [-0.3, -0.25) is 0 Å². The van der Waals surface area contributed by atoms with E-state index in [2.05, 4.69) is 0 Å². The van der Waals surface area contributed by atoms with E-state index in [4.69, 9.17) is 9.47 Å². The number of hydrogen-bond donors (Lipinski definition) is 2. The van der Waals surface area contributed by atoms with Crippen LogP contribution in [-0.4, -0.2) is 67.0 Å². The van der Waals surface area contributed by atoms with E-state index in [9.17, 15) is 10.2 Å². The van der Waals surface area contributed by atoms with Crippen molar-refractivity contribution in [3.63, 3.8) is 0 Å². The first-order valence-electron chi connectivity index (χ1n) is 4.70. The average molecular weight is 205 g/mol. The molecule has 5 nitrogen and oxygen atoms in total. The van der Waals surface area contributed by atoms with Crippen LogP contribution in [0, 0.1) is 0 Å². The second-order valence-electron chi connectivity index (χ2n) is 3.88. The van der Waals surface area contributed by atoms with Gasteiger partial charge in [-0.2, -0.15) is 0 Å². The van der Waals surface area contributed by atoms with Crippen molar-refractivity contribution in [1.82, 2.24) is 4.90 Å². The molecule has 1 aliphatic heterocycles. The molecule has 0 bridgehead atoms. The topological polar surface area (TPSA) is 62.2 Å². The highest BCUT2D eigenvalue weighted by atomic mass is 16.7. The Kier molecular flexibility index (Phi) is 3.86. The highest BCUT2D eigenvalue weighted by Crippen LogP contribution is 2.23. The molecule has 84 valence electrons. The molecule has 1 rings (SSSR count). The minimum atomic E-state index is -0.832. The zero-order valence-electron chi connectivity index (χ0n) is 9.04. The van der Waals surface area contributed by atoms with E-state index in [1.54, 1.807) is 11.8 Å². The SMILES string of the molecule is CO[C@H]1O[C@H](C)[C@@H](O)[C@@H](N(C)C)[C@H]1O. The van der Waals surface area contributed by atoms with Crippen LogP contribution in [0.2, 0.25) is 0 Å². The molecule has 0 aromatic heterocycles. The van der Waals surface area contributed by atoms with E-state index in [1.165, 1.54) is 7.11 Å². The van der Waals surface area contributed by atoms with E-state index in [0.29, 0.717) is 0 Å². The van der Waals surface area contributed by atoms with Crippen molar-refractivity contribution in [3.8, 4) is 0 Å². The summed E-state index contributed by atoms with van der Waals surface area (Å²) in [6, 6.07) is -0.358. The first-order chi connectivity index (χ1) is 6.49. The van der Waals surface area contributed by atoms with E-state index in [1.807, 2.05) is 14.1 Å². The molecular formula is C9H19NO4. The number of nitrogens with zero attached hydrogens (tertiary/aromatic N) is 1. The summed E-state index contributed by atoms with van der Waals surface area (Å²) in [7, 11) is 5.09. The zero-order valence-corrected chi connectivity index (χ0v) is 9.04. The van der Waals surface area contributed by atoms with Crippen LogP contribution in [-0.2, 0) is 9.47 Å². The third-order valence-electron chi connectivity index (χ3n) is 2.64. The number of likely N-dealkylation sites (N-methyl/N-ethyl adjacent to an activating group) is 1. The van der Waals surface area contributed by atoms with E-state index in [-0.39, 0.29) is 12.1 Å². The van der Waals surface area contributed by atoms with E-state index in [0.717, 1.165) is 0 Å². The Morgan fingerprint density at radius 3 is 2.21 bits per heavy atom. The number of hydrogen-bond acceptors (Lipinski definition) is 5. The number of ether oxygens (including phenoxy) is 2. The largest absolute Gasteiger partial charge is 0.389 e. The molecule has 0 aliphatic carbocycles. The Labute approximate surface area is 84.2 Å². The highest BCUT2D eigenvalue weighted by molar-refractivity contribution is 4.92. The third-order valence-corrected chi connectivity index (χ3v) is 2.64. The van der Waals surface area contributed by atoms with Crippen molar-refractivity contribution < 1.29 is 19.7 Å². The lowest BCUT2D eigenvalue weighted by Gasteiger charge is -2.43. The third kappa shape index (κ3) is 2.07. The van der Waals surface area contributed by atoms with Crippen LogP contribution in [0.15, 0.2) is 0 Å². The molecule has 1 heterocycles. The predicted octanol–water partition coefficient (Wildman–Crippen LogP) is -0.970. The lowest BCUT2D eigenvalue weighted by molar-refractivity contribution is -0.272. The van der Waals surface area contributed by atoms with E-state index >= 15 is 0 Å². The summed E-state index contributed by atoms with van der Waals surface area (Å²) >= 11 is 0. The van der Waals surface area contributed by atoms with Crippen molar-refractivity contribution >= 4 is 0 Å². The summed E-state index contributed by atoms with van der Waals surface area (Å²) in [6.07, 6.45) is -2.54. The van der Waals surface area contributed by atoms with Crippen molar-refractivity contribution in [2.24, 2.45) is 0 Å². The Hall–Kier alpha value is -0.200. The number of aliphatic hydroxyl groups excluding tert-OH is 2. The second kappa shape index (κ2) is 4.55. The van der Waals surface area contributed by atoms with Crippen molar-refractivity contribution in [2.45, 2.75) is 37.6 Å². The highest BCUT2D eigenvalue weighted by Gasteiger charge is 2.43. The van der Waals surface area contributed by atoms with Crippen LogP contribution >= 0.6 is 0 Å². The number of aliphatic hydroxyl groups is 2. The maximum atomic E-state index is 9.84. The maximum Gasteiger partial charge on any atom is 0.185 e. The summed E-state index contributed by atoms with van der Waals surface area (Å²) in [6.45, 7) is 1.76. The number of rotatable bonds is 2. The van der Waals surface area contributed by atoms with Gasteiger partial charge in [-0.25, -0.2) is 0 Å². The first-order valence-corrected chi connectivity index (χ1v) is 4.70. The van der Waals surface area contributed by atoms with Gasteiger partial charge < -0.3 is 24.6 Å². The second-order valence-corrected chi connectivity index (χ2v) is 3.88. The molecular weight excluding hydrogens is 186 g/mol. The standard InChI is InChI=1S/C9H19NO4/c1-5-7(11)6(10(2)3)8(12)9(13-4)14-5/h5-9,11-12H,1-4H3/t5-,6-,7-,8-,9+/m1/s1. The van der Waals surface area contributed by atoms with Gasteiger partial charge in [-0.05, 0) is 21.0 Å².